The minimum absolute atomic E-state index is 0. The number of rotatable bonds is 3. The number of benzene rings is 2. The Morgan fingerprint density at radius 3 is 2.00 bits per heavy atom. The van der Waals surface area contributed by atoms with Crippen molar-refractivity contribution in [1.82, 2.24) is 0 Å². The Labute approximate surface area is 137 Å². The molecular formula is C14H13N2O2Y-. The zero-order valence-electron chi connectivity index (χ0n) is 10.3. The molecule has 2 rings (SSSR count). The van der Waals surface area contributed by atoms with Crippen LogP contribution in [-0.4, -0.2) is 6.09 Å². The first-order valence-electron chi connectivity index (χ1n) is 5.43. The molecule has 0 saturated carbocycles. The van der Waals surface area contributed by atoms with E-state index in [0.717, 1.165) is 11.4 Å². The van der Waals surface area contributed by atoms with Crippen molar-refractivity contribution in [2.75, 3.05) is 10.6 Å². The van der Waals surface area contributed by atoms with Crippen molar-refractivity contribution in [2.45, 2.75) is 0 Å². The third-order valence-corrected chi connectivity index (χ3v) is 2.32. The van der Waals surface area contributed by atoms with E-state index in [1.165, 1.54) is 0 Å². The molecule has 95 valence electrons. The van der Waals surface area contributed by atoms with Crippen molar-refractivity contribution in [3.8, 4) is 0 Å². The Balaban J connectivity index is 0.00000180. The molecule has 0 aliphatic heterocycles. The maximum absolute atomic E-state index is 10.9. The van der Waals surface area contributed by atoms with Gasteiger partial charge in [-0.15, -0.1) is 0 Å². The molecule has 19 heavy (non-hydrogen) atoms. The first-order chi connectivity index (χ1) is 8.78. The molecule has 0 aliphatic rings. The molecule has 2 aromatic carbocycles. The van der Waals surface area contributed by atoms with Crippen molar-refractivity contribution in [3.05, 3.63) is 61.7 Å². The number of nitrogens with one attached hydrogen (secondary N) is 2. The minimum atomic E-state index is -0.584. The molecule has 0 heterocycles. The van der Waals surface area contributed by atoms with Gasteiger partial charge in [0.2, 0.25) is 0 Å². The number of hydrogen-bond donors (Lipinski definition) is 2. The number of carbonyl (C=O) groups excluding carboxylic acids is 1. The van der Waals surface area contributed by atoms with Crippen molar-refractivity contribution < 1.29 is 42.2 Å². The molecule has 0 spiro atoms. The van der Waals surface area contributed by atoms with Crippen molar-refractivity contribution in [1.29, 1.82) is 0 Å². The Morgan fingerprint density at radius 2 is 1.42 bits per heavy atom. The van der Waals surface area contributed by atoms with Crippen LogP contribution in [0.3, 0.4) is 0 Å². The predicted octanol–water partition coefficient (Wildman–Crippen LogP) is 3.77. The SMILES string of the molecule is [CH2-]OC(=O)Nc1ccc(Nc2ccccc2)cc1.[Y]. The Kier molecular flexibility index (Phi) is 6.53. The summed E-state index contributed by atoms with van der Waals surface area (Å²) in [6, 6.07) is 17.1. The molecule has 2 N–H and O–H groups in total. The summed E-state index contributed by atoms with van der Waals surface area (Å²) in [5.74, 6) is 0. The second-order valence-electron chi connectivity index (χ2n) is 3.63. The van der Waals surface area contributed by atoms with Gasteiger partial charge in [-0.3, -0.25) is 5.32 Å². The van der Waals surface area contributed by atoms with Crippen molar-refractivity contribution in [3.63, 3.8) is 0 Å². The maximum Gasteiger partial charge on any atom is 0.379 e. The maximum atomic E-state index is 10.9. The minimum Gasteiger partial charge on any atom is -0.624 e. The molecule has 0 saturated heterocycles. The van der Waals surface area contributed by atoms with E-state index in [2.05, 4.69) is 22.5 Å². The Hall–Kier alpha value is -1.39. The van der Waals surface area contributed by atoms with Crippen LogP contribution in [0.4, 0.5) is 21.9 Å². The van der Waals surface area contributed by atoms with Gasteiger partial charge in [-0.1, -0.05) is 18.2 Å². The normalized spacial score (nSPS) is 9.11. The van der Waals surface area contributed by atoms with E-state index in [1.54, 1.807) is 12.1 Å². The van der Waals surface area contributed by atoms with E-state index in [9.17, 15) is 4.79 Å². The third-order valence-electron chi connectivity index (χ3n) is 2.32. The molecule has 1 amide bonds. The molecule has 0 bridgehead atoms. The second-order valence-corrected chi connectivity index (χ2v) is 3.63. The predicted molar refractivity (Wildman–Crippen MR) is 71.6 cm³/mol. The molecular weight excluding hydrogens is 317 g/mol. The number of hydrogen-bond acceptors (Lipinski definition) is 3. The van der Waals surface area contributed by atoms with E-state index in [4.69, 9.17) is 0 Å². The fourth-order valence-corrected chi connectivity index (χ4v) is 1.48. The smallest absolute Gasteiger partial charge is 0.379 e. The fourth-order valence-electron chi connectivity index (χ4n) is 1.48. The van der Waals surface area contributed by atoms with E-state index in [-0.39, 0.29) is 32.7 Å². The number of anilines is 3. The number of para-hydroxylation sites is 1. The van der Waals surface area contributed by atoms with Crippen LogP contribution in [0.15, 0.2) is 54.6 Å². The summed E-state index contributed by atoms with van der Waals surface area (Å²) in [6.45, 7) is 0. The first-order valence-corrected chi connectivity index (χ1v) is 5.43. The van der Waals surface area contributed by atoms with Crippen LogP contribution in [0, 0.1) is 7.11 Å². The van der Waals surface area contributed by atoms with Crippen LogP contribution in [0.2, 0.25) is 0 Å². The molecule has 2 aromatic rings. The molecule has 5 heteroatoms. The Morgan fingerprint density at radius 1 is 0.895 bits per heavy atom. The van der Waals surface area contributed by atoms with E-state index in [0.29, 0.717) is 5.69 Å². The van der Waals surface area contributed by atoms with Crippen LogP contribution in [0.25, 0.3) is 0 Å². The average molecular weight is 330 g/mol. The van der Waals surface area contributed by atoms with Crippen LogP contribution < -0.4 is 10.6 Å². The second kappa shape index (κ2) is 7.92. The van der Waals surface area contributed by atoms with Gasteiger partial charge in [-0.05, 0) is 36.4 Å². The number of ether oxygens (including phenoxy) is 1. The largest absolute Gasteiger partial charge is 0.624 e. The fraction of sp³-hybridized carbons (Fsp3) is 0. The standard InChI is InChI=1S/C14H13N2O2.Y/c1-18-14(17)16-13-9-7-12(8-10-13)15-11-5-3-2-4-6-11;/h2-10,15H,1H2,(H,16,17);/q-1;. The summed E-state index contributed by atoms with van der Waals surface area (Å²) in [6.07, 6.45) is -0.584. The van der Waals surface area contributed by atoms with Gasteiger partial charge in [0.1, 0.15) is 0 Å². The van der Waals surface area contributed by atoms with Gasteiger partial charge in [0.05, 0.1) is 0 Å². The van der Waals surface area contributed by atoms with Gasteiger partial charge in [-0.2, -0.15) is 7.11 Å². The number of carbonyl (C=O) groups is 1. The molecule has 0 fully saturated rings. The third kappa shape index (κ3) is 5.01. The van der Waals surface area contributed by atoms with Crippen LogP contribution in [0.5, 0.6) is 0 Å². The molecule has 0 aliphatic carbocycles. The van der Waals surface area contributed by atoms with Gasteiger partial charge in [-0.25, -0.2) is 4.79 Å². The summed E-state index contributed by atoms with van der Waals surface area (Å²) in [5.41, 5.74) is 2.60. The monoisotopic (exact) mass is 330 g/mol. The molecule has 1 radical (unpaired) electrons. The molecule has 0 atom stereocenters. The zero-order chi connectivity index (χ0) is 12.8. The van der Waals surface area contributed by atoms with Gasteiger partial charge in [0, 0.05) is 49.8 Å². The van der Waals surface area contributed by atoms with Crippen LogP contribution in [0.1, 0.15) is 0 Å². The summed E-state index contributed by atoms with van der Waals surface area (Å²) in [4.78, 5) is 10.9. The van der Waals surface area contributed by atoms with Crippen LogP contribution in [-0.2, 0) is 37.4 Å². The van der Waals surface area contributed by atoms with Gasteiger partial charge in [0.25, 0.3) is 0 Å². The molecule has 0 aromatic heterocycles. The average Bonchev–Trinajstić information content (AvgIpc) is 2.42. The van der Waals surface area contributed by atoms with Crippen LogP contribution >= 0.6 is 0 Å². The molecule has 0 unspecified atom stereocenters. The topological polar surface area (TPSA) is 50.4 Å². The van der Waals surface area contributed by atoms with Gasteiger partial charge < -0.3 is 10.1 Å². The summed E-state index contributed by atoms with van der Waals surface area (Å²) in [5, 5.41) is 5.77. The van der Waals surface area contributed by atoms with Crippen molar-refractivity contribution >= 4 is 23.2 Å². The quantitative estimate of drug-likeness (QED) is 0.843. The molecule has 4 nitrogen and oxygen atoms in total. The van der Waals surface area contributed by atoms with Crippen molar-refractivity contribution in [2.24, 2.45) is 0 Å². The first kappa shape index (κ1) is 15.7. The van der Waals surface area contributed by atoms with Gasteiger partial charge in [0.15, 0.2) is 0 Å². The van der Waals surface area contributed by atoms with Gasteiger partial charge >= 0.3 is 6.09 Å². The summed E-state index contributed by atoms with van der Waals surface area (Å²) >= 11 is 0. The van der Waals surface area contributed by atoms with E-state index >= 15 is 0 Å². The zero-order valence-corrected chi connectivity index (χ0v) is 13.1. The van der Waals surface area contributed by atoms with E-state index in [1.807, 2.05) is 42.5 Å². The van der Waals surface area contributed by atoms with E-state index < -0.39 is 6.09 Å². The Bertz CT molecular complexity index is 515. The summed E-state index contributed by atoms with van der Waals surface area (Å²) in [7, 11) is 3.03. The number of amides is 1. The summed E-state index contributed by atoms with van der Waals surface area (Å²) < 4.78 is 4.26.